The number of benzene rings is 2. The smallest absolute Gasteiger partial charge is 0.256 e. The molecule has 0 aliphatic carbocycles. The first-order chi connectivity index (χ1) is 14.8. The number of fused-ring (bicyclic) bond motifs is 1. The predicted octanol–water partition coefficient (Wildman–Crippen LogP) is 3.42. The summed E-state index contributed by atoms with van der Waals surface area (Å²) in [6.07, 6.45) is 2.22. The van der Waals surface area contributed by atoms with Gasteiger partial charge in [0.05, 0.1) is 16.9 Å². The molecule has 0 radical (unpaired) electrons. The zero-order chi connectivity index (χ0) is 22.1. The number of aromatic amines is 1. The van der Waals surface area contributed by atoms with Crippen molar-refractivity contribution in [2.75, 3.05) is 23.3 Å². The second kappa shape index (κ2) is 8.26. The van der Waals surface area contributed by atoms with E-state index >= 15 is 0 Å². The molecule has 7 heteroatoms. The van der Waals surface area contributed by atoms with E-state index in [0.29, 0.717) is 28.1 Å². The van der Waals surface area contributed by atoms with Gasteiger partial charge in [0.2, 0.25) is 11.5 Å². The summed E-state index contributed by atoms with van der Waals surface area (Å²) in [6.45, 7) is 5.87. The van der Waals surface area contributed by atoms with Gasteiger partial charge in [-0.3, -0.25) is 14.4 Å². The highest BCUT2D eigenvalue weighted by Crippen LogP contribution is 2.32. The molecule has 0 bridgehead atoms. The highest BCUT2D eigenvalue weighted by molar-refractivity contribution is 6.13. The molecule has 7 nitrogen and oxygen atoms in total. The van der Waals surface area contributed by atoms with Crippen LogP contribution in [0.15, 0.2) is 47.3 Å². The molecule has 3 aromatic rings. The number of nitrogens with two attached hydrogens (primary N) is 1. The number of pyridine rings is 1. The van der Waals surface area contributed by atoms with Gasteiger partial charge in [-0.05, 0) is 56.0 Å². The maximum Gasteiger partial charge on any atom is 0.256 e. The standard InChI is InChI=1S/C24H26N4O3/c1-14-5-7-19-17(10-14)18(12-22(29)26-19)24(31)27-20-11-16(23(25)30)6-8-21(20)28-9-3-4-15(2)13-28/h5-8,10-12,15H,3-4,9,13H2,1-2H3,(H2,25,30)(H,26,29)(H,27,31)/t15-/m1/s1. The molecule has 1 aromatic heterocycles. The summed E-state index contributed by atoms with van der Waals surface area (Å²) >= 11 is 0. The molecule has 2 heterocycles. The van der Waals surface area contributed by atoms with E-state index < -0.39 is 11.8 Å². The first-order valence-corrected chi connectivity index (χ1v) is 10.5. The second-order valence-electron chi connectivity index (χ2n) is 8.34. The summed E-state index contributed by atoms with van der Waals surface area (Å²) in [4.78, 5) is 42.1. The monoisotopic (exact) mass is 418 g/mol. The lowest BCUT2D eigenvalue weighted by Crippen LogP contribution is -2.35. The average molecular weight is 418 g/mol. The van der Waals surface area contributed by atoms with Crippen molar-refractivity contribution in [3.05, 3.63) is 69.5 Å². The van der Waals surface area contributed by atoms with E-state index in [0.717, 1.165) is 37.2 Å². The molecule has 1 saturated heterocycles. The molecule has 1 atom stereocenters. The number of rotatable bonds is 4. The molecule has 2 amide bonds. The Morgan fingerprint density at radius 1 is 1.16 bits per heavy atom. The van der Waals surface area contributed by atoms with E-state index in [1.807, 2.05) is 25.1 Å². The lowest BCUT2D eigenvalue weighted by atomic mass is 9.99. The number of primary amides is 1. The molecule has 0 saturated carbocycles. The van der Waals surface area contributed by atoms with Gasteiger partial charge >= 0.3 is 0 Å². The molecule has 160 valence electrons. The number of anilines is 2. The predicted molar refractivity (Wildman–Crippen MR) is 123 cm³/mol. The molecule has 1 aliphatic heterocycles. The van der Waals surface area contributed by atoms with Gasteiger partial charge in [0.15, 0.2) is 0 Å². The molecule has 1 fully saturated rings. The number of nitrogens with zero attached hydrogens (tertiary/aromatic N) is 1. The van der Waals surface area contributed by atoms with Gasteiger partial charge < -0.3 is 20.9 Å². The van der Waals surface area contributed by atoms with Gasteiger partial charge in [0, 0.05) is 35.6 Å². The summed E-state index contributed by atoms with van der Waals surface area (Å²) < 4.78 is 0. The summed E-state index contributed by atoms with van der Waals surface area (Å²) in [5.41, 5.74) is 8.65. The zero-order valence-electron chi connectivity index (χ0n) is 17.7. The fourth-order valence-corrected chi connectivity index (χ4v) is 4.22. The summed E-state index contributed by atoms with van der Waals surface area (Å²) in [6, 6.07) is 12.0. The number of carbonyl (C=O) groups is 2. The van der Waals surface area contributed by atoms with Crippen molar-refractivity contribution in [1.82, 2.24) is 4.98 Å². The Morgan fingerprint density at radius 2 is 1.97 bits per heavy atom. The van der Waals surface area contributed by atoms with E-state index in [2.05, 4.69) is 22.1 Å². The third-order valence-electron chi connectivity index (χ3n) is 5.77. The lowest BCUT2D eigenvalue weighted by Gasteiger charge is -2.34. The Morgan fingerprint density at radius 3 is 2.71 bits per heavy atom. The SMILES string of the molecule is Cc1ccc2[nH]c(=O)cc(C(=O)Nc3cc(C(N)=O)ccc3N3CCC[C@@H](C)C3)c2c1. The fraction of sp³-hybridized carbons (Fsp3) is 0.292. The minimum absolute atomic E-state index is 0.282. The van der Waals surface area contributed by atoms with E-state index in [-0.39, 0.29) is 11.1 Å². The maximum atomic E-state index is 13.3. The molecule has 0 spiro atoms. The van der Waals surface area contributed by atoms with Gasteiger partial charge in [-0.15, -0.1) is 0 Å². The van der Waals surface area contributed by atoms with Crippen LogP contribution in [0.3, 0.4) is 0 Å². The van der Waals surface area contributed by atoms with Crippen molar-refractivity contribution in [3.63, 3.8) is 0 Å². The van der Waals surface area contributed by atoms with Gasteiger partial charge in [0.1, 0.15) is 0 Å². The van der Waals surface area contributed by atoms with Crippen molar-refractivity contribution in [2.45, 2.75) is 26.7 Å². The Hall–Kier alpha value is -3.61. The molecule has 31 heavy (non-hydrogen) atoms. The van der Waals surface area contributed by atoms with Crippen molar-refractivity contribution < 1.29 is 9.59 Å². The number of nitrogens with one attached hydrogen (secondary N) is 2. The number of H-pyrrole nitrogens is 1. The highest BCUT2D eigenvalue weighted by Gasteiger charge is 2.22. The molecule has 4 N–H and O–H groups in total. The van der Waals surface area contributed by atoms with Crippen LogP contribution in [0.1, 0.15) is 46.0 Å². The summed E-state index contributed by atoms with van der Waals surface area (Å²) in [5.74, 6) is -0.436. The van der Waals surface area contributed by atoms with E-state index in [4.69, 9.17) is 5.73 Å². The van der Waals surface area contributed by atoms with Crippen LogP contribution in [-0.2, 0) is 0 Å². The molecule has 0 unspecified atom stereocenters. The Bertz CT molecular complexity index is 1230. The number of aromatic nitrogens is 1. The summed E-state index contributed by atoms with van der Waals surface area (Å²) in [7, 11) is 0. The quantitative estimate of drug-likeness (QED) is 0.603. The first kappa shape index (κ1) is 20.7. The normalized spacial score (nSPS) is 16.3. The molecule has 4 rings (SSSR count). The number of piperidine rings is 1. The van der Waals surface area contributed by atoms with Gasteiger partial charge in [0.25, 0.3) is 5.91 Å². The molecular weight excluding hydrogens is 392 g/mol. The van der Waals surface area contributed by atoms with Crippen LogP contribution in [0.4, 0.5) is 11.4 Å². The van der Waals surface area contributed by atoms with Gasteiger partial charge in [-0.25, -0.2) is 0 Å². The van der Waals surface area contributed by atoms with Gasteiger partial charge in [-0.1, -0.05) is 18.6 Å². The Labute approximate surface area is 180 Å². The maximum absolute atomic E-state index is 13.3. The first-order valence-electron chi connectivity index (χ1n) is 10.5. The van der Waals surface area contributed by atoms with Crippen molar-refractivity contribution in [1.29, 1.82) is 0 Å². The third kappa shape index (κ3) is 4.30. The largest absolute Gasteiger partial charge is 0.370 e. The topological polar surface area (TPSA) is 108 Å². The van der Waals surface area contributed by atoms with Crippen molar-refractivity contribution in [3.8, 4) is 0 Å². The minimum atomic E-state index is -0.564. The van der Waals surface area contributed by atoms with Crippen LogP contribution in [0.5, 0.6) is 0 Å². The van der Waals surface area contributed by atoms with Crippen LogP contribution in [0.2, 0.25) is 0 Å². The Balaban J connectivity index is 1.76. The number of hydrogen-bond acceptors (Lipinski definition) is 4. The molecule has 2 aromatic carbocycles. The van der Waals surface area contributed by atoms with E-state index in [1.165, 1.54) is 6.07 Å². The summed E-state index contributed by atoms with van der Waals surface area (Å²) in [5, 5.41) is 3.60. The van der Waals surface area contributed by atoms with Crippen LogP contribution in [0.25, 0.3) is 10.9 Å². The van der Waals surface area contributed by atoms with E-state index in [9.17, 15) is 14.4 Å². The minimum Gasteiger partial charge on any atom is -0.370 e. The van der Waals surface area contributed by atoms with Crippen LogP contribution in [-0.4, -0.2) is 29.9 Å². The Kier molecular flexibility index (Phi) is 5.50. The highest BCUT2D eigenvalue weighted by atomic mass is 16.2. The molecular formula is C24H26N4O3. The van der Waals surface area contributed by atoms with Gasteiger partial charge in [-0.2, -0.15) is 0 Å². The lowest BCUT2D eigenvalue weighted by molar-refractivity contribution is 0.0996. The number of carbonyl (C=O) groups excluding carboxylic acids is 2. The van der Waals surface area contributed by atoms with Crippen LogP contribution >= 0.6 is 0 Å². The molecule has 1 aliphatic rings. The van der Waals surface area contributed by atoms with Crippen molar-refractivity contribution in [2.24, 2.45) is 11.7 Å². The number of aryl methyl sites for hydroxylation is 1. The average Bonchev–Trinajstić information content (AvgIpc) is 2.73. The zero-order valence-corrected chi connectivity index (χ0v) is 17.7. The van der Waals surface area contributed by atoms with Crippen LogP contribution < -0.4 is 21.5 Å². The fourth-order valence-electron chi connectivity index (χ4n) is 4.22. The number of hydrogen-bond donors (Lipinski definition) is 3. The second-order valence-corrected chi connectivity index (χ2v) is 8.34. The van der Waals surface area contributed by atoms with E-state index in [1.54, 1.807) is 18.2 Å². The number of amides is 2. The third-order valence-corrected chi connectivity index (χ3v) is 5.77. The van der Waals surface area contributed by atoms with Crippen LogP contribution in [0, 0.1) is 12.8 Å². The van der Waals surface area contributed by atoms with Crippen molar-refractivity contribution >= 4 is 34.1 Å².